The van der Waals surface area contributed by atoms with Crippen molar-refractivity contribution in [3.05, 3.63) is 0 Å². The topological polar surface area (TPSA) is 29.1 Å². The van der Waals surface area contributed by atoms with Gasteiger partial charge in [-0.05, 0) is 19.4 Å². The molecule has 0 aromatic heterocycles. The van der Waals surface area contributed by atoms with Crippen molar-refractivity contribution in [2.24, 2.45) is 0 Å². The van der Waals surface area contributed by atoms with Crippen LogP contribution in [0.4, 0.5) is 0 Å². The summed E-state index contributed by atoms with van der Waals surface area (Å²) in [6.07, 6.45) is 2.25. The lowest BCUT2D eigenvalue weighted by Gasteiger charge is -1.92. The zero-order chi connectivity index (χ0) is 5.11. The van der Waals surface area contributed by atoms with Gasteiger partial charge < -0.3 is 5.32 Å². The second-order valence-electron chi connectivity index (χ2n) is 1.72. The van der Waals surface area contributed by atoms with Crippen LogP contribution in [0.25, 0.3) is 0 Å². The van der Waals surface area contributed by atoms with Crippen molar-refractivity contribution in [1.29, 1.82) is 0 Å². The van der Waals surface area contributed by atoms with Crippen molar-refractivity contribution < 1.29 is 4.57 Å². The maximum atomic E-state index is 10.0. The van der Waals surface area contributed by atoms with Crippen molar-refractivity contribution >= 4 is 8.46 Å². The summed E-state index contributed by atoms with van der Waals surface area (Å²) in [5.41, 5.74) is 0. The highest BCUT2D eigenvalue weighted by Gasteiger charge is 2.11. The van der Waals surface area contributed by atoms with E-state index in [2.05, 4.69) is 5.32 Å². The maximum Gasteiger partial charge on any atom is 0.174 e. The van der Waals surface area contributed by atoms with Gasteiger partial charge in [-0.1, -0.05) is 0 Å². The summed E-state index contributed by atoms with van der Waals surface area (Å²) in [7, 11) is 0.261. The number of rotatable bonds is 1. The first-order valence-corrected chi connectivity index (χ1v) is 3.37. The molecule has 0 saturated carbocycles. The largest absolute Gasteiger partial charge is 0.304 e. The summed E-state index contributed by atoms with van der Waals surface area (Å²) in [4.78, 5) is 0. The first-order valence-electron chi connectivity index (χ1n) is 2.49. The van der Waals surface area contributed by atoms with Crippen LogP contribution in [0.3, 0.4) is 0 Å². The number of hydrogen-bond donors (Lipinski definition) is 1. The van der Waals surface area contributed by atoms with E-state index >= 15 is 0 Å². The third-order valence-corrected chi connectivity index (χ3v) is 1.86. The minimum absolute atomic E-state index is 0.261. The molecule has 0 aromatic rings. The molecule has 1 fully saturated rings. The van der Waals surface area contributed by atoms with E-state index in [0.717, 1.165) is 13.0 Å². The molecule has 1 unspecified atom stereocenters. The molecule has 1 heterocycles. The van der Waals surface area contributed by atoms with Crippen LogP contribution < -0.4 is 5.32 Å². The molecule has 0 bridgehead atoms. The van der Waals surface area contributed by atoms with Gasteiger partial charge in [0.05, 0.1) is 5.78 Å². The Balaban J connectivity index is 2.26. The van der Waals surface area contributed by atoms with E-state index in [-0.39, 0.29) is 14.2 Å². The minimum atomic E-state index is 0.261. The molecule has 0 spiro atoms. The molecule has 0 aliphatic carbocycles. The summed E-state index contributed by atoms with van der Waals surface area (Å²) in [5, 5.41) is 3.08. The highest BCUT2D eigenvalue weighted by molar-refractivity contribution is 7.24. The molecule has 1 N–H and O–H groups in total. The third kappa shape index (κ3) is 1.22. The van der Waals surface area contributed by atoms with Crippen LogP contribution in [0, 0.1) is 0 Å². The lowest BCUT2D eigenvalue weighted by Crippen LogP contribution is -2.13. The Kier molecular flexibility index (Phi) is 1.77. The second kappa shape index (κ2) is 2.39. The van der Waals surface area contributed by atoms with Crippen molar-refractivity contribution in [3.8, 4) is 0 Å². The second-order valence-corrected chi connectivity index (χ2v) is 2.55. The van der Waals surface area contributed by atoms with Gasteiger partial charge in [0, 0.05) is 0 Å². The molecule has 1 aliphatic heterocycles. The van der Waals surface area contributed by atoms with E-state index < -0.39 is 0 Å². The average Bonchev–Trinajstić information content (AvgIpc) is 2.14. The Morgan fingerprint density at radius 3 is 2.86 bits per heavy atom. The zero-order valence-electron chi connectivity index (χ0n) is 4.05. The Labute approximate surface area is 44.5 Å². The van der Waals surface area contributed by atoms with Gasteiger partial charge in [-0.15, -0.1) is 0 Å². The van der Waals surface area contributed by atoms with Gasteiger partial charge in [-0.25, -0.2) is 0 Å². The molecule has 0 radical (unpaired) electrons. The van der Waals surface area contributed by atoms with E-state index in [1.54, 1.807) is 0 Å². The predicted molar refractivity (Wildman–Crippen MR) is 28.6 cm³/mol. The Hall–Kier alpha value is 0.0600. The normalized spacial score (nSPS) is 31.7. The fourth-order valence-corrected chi connectivity index (χ4v) is 1.25. The van der Waals surface area contributed by atoms with Crippen molar-refractivity contribution in [2.45, 2.75) is 18.6 Å². The Morgan fingerprint density at radius 1 is 1.71 bits per heavy atom. The van der Waals surface area contributed by atoms with Gasteiger partial charge in [-0.3, -0.25) is 4.57 Å². The van der Waals surface area contributed by atoms with Crippen LogP contribution in [-0.2, 0) is 4.57 Å². The zero-order valence-corrected chi connectivity index (χ0v) is 4.95. The van der Waals surface area contributed by atoms with E-state index in [1.165, 1.54) is 6.42 Å². The molecular formula is C4H8NOP. The Morgan fingerprint density at radius 2 is 2.57 bits per heavy atom. The van der Waals surface area contributed by atoms with Crippen LogP contribution in [0.5, 0.6) is 0 Å². The van der Waals surface area contributed by atoms with Gasteiger partial charge >= 0.3 is 0 Å². The summed E-state index contributed by atoms with van der Waals surface area (Å²) in [6.45, 7) is 1.04. The quantitative estimate of drug-likeness (QED) is 0.519. The standard InChI is InChI=1S/C4H8NOP/c6-7-4-2-1-3-5-4/h4-5H,1-3H2. The Bertz CT molecular complexity index is 70.1. The molecule has 1 aliphatic rings. The van der Waals surface area contributed by atoms with E-state index in [9.17, 15) is 4.57 Å². The first kappa shape index (κ1) is 5.20. The summed E-state index contributed by atoms with van der Waals surface area (Å²) < 4.78 is 10.0. The van der Waals surface area contributed by atoms with Crippen molar-refractivity contribution in [3.63, 3.8) is 0 Å². The summed E-state index contributed by atoms with van der Waals surface area (Å²) in [5.74, 6) is 0.264. The number of nitrogens with one attached hydrogen (secondary N) is 1. The SMILES string of the molecule is O=PC1CCCN1. The molecule has 0 aromatic carbocycles. The molecule has 1 rings (SSSR count). The van der Waals surface area contributed by atoms with Crippen LogP contribution in [0.2, 0.25) is 0 Å². The highest BCUT2D eigenvalue weighted by atomic mass is 31.1. The fraction of sp³-hybridized carbons (Fsp3) is 1.00. The van der Waals surface area contributed by atoms with Crippen LogP contribution >= 0.6 is 8.46 Å². The lowest BCUT2D eigenvalue weighted by molar-refractivity contribution is 0.585. The van der Waals surface area contributed by atoms with Crippen LogP contribution in [0.15, 0.2) is 0 Å². The lowest BCUT2D eigenvalue weighted by atomic mass is 10.4. The van der Waals surface area contributed by atoms with Gasteiger partial charge in [0.2, 0.25) is 0 Å². The molecular weight excluding hydrogens is 109 g/mol. The molecule has 2 nitrogen and oxygen atoms in total. The smallest absolute Gasteiger partial charge is 0.174 e. The monoisotopic (exact) mass is 117 g/mol. The average molecular weight is 117 g/mol. The summed E-state index contributed by atoms with van der Waals surface area (Å²) >= 11 is 0. The van der Waals surface area contributed by atoms with Gasteiger partial charge in [0.25, 0.3) is 0 Å². The maximum absolute atomic E-state index is 10.0. The van der Waals surface area contributed by atoms with Crippen molar-refractivity contribution in [1.82, 2.24) is 5.32 Å². The minimum Gasteiger partial charge on any atom is -0.304 e. The van der Waals surface area contributed by atoms with E-state index in [4.69, 9.17) is 0 Å². The van der Waals surface area contributed by atoms with E-state index in [1.807, 2.05) is 0 Å². The highest BCUT2D eigenvalue weighted by Crippen LogP contribution is 2.14. The van der Waals surface area contributed by atoms with Crippen LogP contribution in [0.1, 0.15) is 12.8 Å². The predicted octanol–water partition coefficient (Wildman–Crippen LogP) is 0.988. The molecule has 1 saturated heterocycles. The molecule has 3 heteroatoms. The first-order chi connectivity index (χ1) is 3.43. The van der Waals surface area contributed by atoms with Gasteiger partial charge in [0.1, 0.15) is 0 Å². The van der Waals surface area contributed by atoms with Crippen molar-refractivity contribution in [2.75, 3.05) is 6.54 Å². The fourth-order valence-electron chi connectivity index (χ4n) is 0.756. The number of hydrogen-bond acceptors (Lipinski definition) is 2. The van der Waals surface area contributed by atoms with E-state index in [0.29, 0.717) is 0 Å². The van der Waals surface area contributed by atoms with Crippen LogP contribution in [-0.4, -0.2) is 12.3 Å². The van der Waals surface area contributed by atoms with Gasteiger partial charge in [0.15, 0.2) is 8.46 Å². The van der Waals surface area contributed by atoms with Gasteiger partial charge in [-0.2, -0.15) is 0 Å². The molecule has 1 atom stereocenters. The molecule has 7 heavy (non-hydrogen) atoms. The molecule has 0 amide bonds. The third-order valence-electron chi connectivity index (χ3n) is 1.16. The summed E-state index contributed by atoms with van der Waals surface area (Å²) in [6, 6.07) is 0. The molecule has 40 valence electrons.